The molecule has 1 saturated heterocycles. The van der Waals surface area contributed by atoms with E-state index in [1.165, 1.54) is 15.9 Å². The first-order valence-corrected chi connectivity index (χ1v) is 9.94. The van der Waals surface area contributed by atoms with Crippen LogP contribution in [-0.4, -0.2) is 62.7 Å². The zero-order valence-electron chi connectivity index (χ0n) is 14.5. The molecule has 1 aliphatic rings. The molecule has 1 atom stereocenters. The van der Waals surface area contributed by atoms with Crippen LogP contribution in [0.2, 0.25) is 10.0 Å². The van der Waals surface area contributed by atoms with Crippen LogP contribution in [0.1, 0.15) is 22.3 Å². The van der Waals surface area contributed by atoms with E-state index >= 15 is 0 Å². The summed E-state index contributed by atoms with van der Waals surface area (Å²) in [5.74, 6) is 0.782. The summed E-state index contributed by atoms with van der Waals surface area (Å²) in [6.45, 7) is 5.55. The summed E-state index contributed by atoms with van der Waals surface area (Å²) >= 11 is 13.8. The number of aromatic nitrogens is 3. The van der Waals surface area contributed by atoms with Crippen molar-refractivity contribution in [1.29, 1.82) is 0 Å². The summed E-state index contributed by atoms with van der Waals surface area (Å²) in [5.41, 5.74) is 1.00. The normalized spacial score (nSPS) is 17.8. The molecule has 1 aromatic carbocycles. The molecule has 1 N–H and O–H groups in total. The highest BCUT2D eigenvalue weighted by molar-refractivity contribution is 7.17. The summed E-state index contributed by atoms with van der Waals surface area (Å²) in [6.07, 6.45) is 0. The number of halogens is 2. The first kappa shape index (κ1) is 18.0. The maximum atomic E-state index is 10.8. The number of rotatable bonds is 3. The predicted molar refractivity (Wildman–Crippen MR) is 105 cm³/mol. The molecule has 26 heavy (non-hydrogen) atoms. The van der Waals surface area contributed by atoms with Crippen molar-refractivity contribution in [2.45, 2.75) is 13.0 Å². The van der Waals surface area contributed by atoms with Crippen LogP contribution in [0.4, 0.5) is 0 Å². The topological polar surface area (TPSA) is 56.9 Å². The first-order valence-electron chi connectivity index (χ1n) is 8.36. The van der Waals surface area contributed by atoms with Crippen molar-refractivity contribution in [3.05, 3.63) is 44.5 Å². The predicted octanol–water partition coefficient (Wildman–Crippen LogP) is 3.45. The molecule has 9 heteroatoms. The van der Waals surface area contributed by atoms with E-state index in [2.05, 4.69) is 26.9 Å². The van der Waals surface area contributed by atoms with Crippen LogP contribution in [0.5, 0.6) is 5.88 Å². The molecule has 1 unspecified atom stereocenters. The van der Waals surface area contributed by atoms with Crippen LogP contribution in [0.25, 0.3) is 4.96 Å². The average molecular weight is 412 g/mol. The standard InChI is InChI=1S/C17H19Cl2N5OS/c1-10-20-17-24(21-10)16(25)15(26-17)14(23-7-5-22(2)6-8-23)11-3-4-12(18)13(19)9-11/h3-4,9,14,25H,5-8H2,1-2H3. The SMILES string of the molecule is Cc1nc2sc(C(c3ccc(Cl)c(Cl)c3)N3CCN(C)CC3)c(O)n2n1. The van der Waals surface area contributed by atoms with Crippen LogP contribution >= 0.6 is 34.5 Å². The van der Waals surface area contributed by atoms with Gasteiger partial charge in [-0.05, 0) is 31.7 Å². The van der Waals surface area contributed by atoms with Crippen LogP contribution in [0.15, 0.2) is 18.2 Å². The summed E-state index contributed by atoms with van der Waals surface area (Å²) in [4.78, 5) is 10.6. The fourth-order valence-electron chi connectivity index (χ4n) is 3.32. The third-order valence-electron chi connectivity index (χ3n) is 4.72. The van der Waals surface area contributed by atoms with Crippen molar-refractivity contribution in [2.75, 3.05) is 33.2 Å². The van der Waals surface area contributed by atoms with E-state index in [0.29, 0.717) is 20.8 Å². The van der Waals surface area contributed by atoms with Gasteiger partial charge in [0.25, 0.3) is 0 Å². The zero-order chi connectivity index (χ0) is 18.4. The largest absolute Gasteiger partial charge is 0.492 e. The number of benzene rings is 1. The third-order valence-corrected chi connectivity index (χ3v) is 6.53. The number of aromatic hydroxyl groups is 1. The van der Waals surface area contributed by atoms with Crippen LogP contribution in [0, 0.1) is 6.92 Å². The van der Waals surface area contributed by atoms with Crippen molar-refractivity contribution < 1.29 is 5.11 Å². The van der Waals surface area contributed by atoms with Crippen molar-refractivity contribution in [1.82, 2.24) is 24.4 Å². The van der Waals surface area contributed by atoms with Crippen molar-refractivity contribution in [3.8, 4) is 5.88 Å². The molecular formula is C17H19Cl2N5OS. The lowest BCUT2D eigenvalue weighted by molar-refractivity contribution is 0.127. The van der Waals surface area contributed by atoms with E-state index in [0.717, 1.165) is 36.6 Å². The number of aryl methyl sites for hydroxylation is 1. The molecule has 0 saturated carbocycles. The number of likely N-dealkylation sites (N-methyl/N-ethyl adjacent to an activating group) is 1. The Morgan fingerprint density at radius 3 is 2.54 bits per heavy atom. The van der Waals surface area contributed by atoms with Gasteiger partial charge in [-0.15, -0.1) is 5.10 Å². The number of hydrogen-bond acceptors (Lipinski definition) is 6. The molecule has 6 nitrogen and oxygen atoms in total. The van der Waals surface area contributed by atoms with E-state index in [9.17, 15) is 5.11 Å². The second kappa shape index (κ2) is 6.98. The highest BCUT2D eigenvalue weighted by Crippen LogP contribution is 2.41. The minimum Gasteiger partial charge on any atom is -0.492 e. The van der Waals surface area contributed by atoms with Gasteiger partial charge in [-0.25, -0.2) is 4.98 Å². The van der Waals surface area contributed by atoms with Crippen molar-refractivity contribution >= 4 is 39.5 Å². The minimum atomic E-state index is -0.118. The Bertz CT molecular complexity index is 948. The van der Waals surface area contributed by atoms with Gasteiger partial charge in [-0.3, -0.25) is 4.90 Å². The second-order valence-corrected chi connectivity index (χ2v) is 8.38. The Labute approximate surface area is 165 Å². The fourth-order valence-corrected chi connectivity index (χ4v) is 4.79. The first-order chi connectivity index (χ1) is 12.4. The number of piperazine rings is 1. The van der Waals surface area contributed by atoms with Gasteiger partial charge in [-0.1, -0.05) is 40.6 Å². The van der Waals surface area contributed by atoms with E-state index in [1.54, 1.807) is 6.07 Å². The summed E-state index contributed by atoms with van der Waals surface area (Å²) < 4.78 is 1.51. The molecule has 0 amide bonds. The molecule has 2 aromatic heterocycles. The van der Waals surface area contributed by atoms with Gasteiger partial charge >= 0.3 is 0 Å². The summed E-state index contributed by atoms with van der Waals surface area (Å²) in [7, 11) is 2.12. The van der Waals surface area contributed by atoms with Gasteiger partial charge in [0.05, 0.1) is 21.0 Å². The highest BCUT2D eigenvalue weighted by atomic mass is 35.5. The molecule has 1 fully saturated rings. The Morgan fingerprint density at radius 1 is 1.15 bits per heavy atom. The van der Waals surface area contributed by atoms with Gasteiger partial charge < -0.3 is 10.0 Å². The van der Waals surface area contributed by atoms with Gasteiger partial charge in [0.15, 0.2) is 0 Å². The molecule has 0 aliphatic carbocycles. The second-order valence-electron chi connectivity index (χ2n) is 6.56. The van der Waals surface area contributed by atoms with Crippen molar-refractivity contribution in [3.63, 3.8) is 0 Å². The fraction of sp³-hybridized carbons (Fsp3) is 0.412. The maximum absolute atomic E-state index is 10.8. The zero-order valence-corrected chi connectivity index (χ0v) is 16.8. The number of fused-ring (bicyclic) bond motifs is 1. The van der Waals surface area contributed by atoms with E-state index in [-0.39, 0.29) is 11.9 Å². The molecule has 3 heterocycles. The number of hydrogen-bond donors (Lipinski definition) is 1. The highest BCUT2D eigenvalue weighted by Gasteiger charge is 2.31. The smallest absolute Gasteiger partial charge is 0.230 e. The Kier molecular flexibility index (Phi) is 4.83. The Balaban J connectivity index is 1.82. The lowest BCUT2D eigenvalue weighted by atomic mass is 10.0. The molecule has 138 valence electrons. The van der Waals surface area contributed by atoms with Gasteiger partial charge in [0, 0.05) is 26.2 Å². The van der Waals surface area contributed by atoms with E-state index in [1.807, 2.05) is 19.1 Å². The minimum absolute atomic E-state index is 0.118. The average Bonchev–Trinajstić information content (AvgIpc) is 3.11. The molecule has 3 aromatic rings. The third kappa shape index (κ3) is 3.18. The van der Waals surface area contributed by atoms with E-state index in [4.69, 9.17) is 23.2 Å². The quantitative estimate of drug-likeness (QED) is 0.714. The number of nitrogens with zero attached hydrogens (tertiary/aromatic N) is 5. The lowest BCUT2D eigenvalue weighted by Gasteiger charge is -2.37. The van der Waals surface area contributed by atoms with Gasteiger partial charge in [0.2, 0.25) is 10.8 Å². The number of thiazole rings is 1. The maximum Gasteiger partial charge on any atom is 0.230 e. The van der Waals surface area contributed by atoms with Crippen LogP contribution in [0.3, 0.4) is 0 Å². The molecule has 1 aliphatic heterocycles. The molecular weight excluding hydrogens is 393 g/mol. The van der Waals surface area contributed by atoms with Crippen molar-refractivity contribution in [2.24, 2.45) is 0 Å². The molecule has 0 bridgehead atoms. The lowest BCUT2D eigenvalue weighted by Crippen LogP contribution is -2.46. The van der Waals surface area contributed by atoms with Gasteiger partial charge in [0.1, 0.15) is 5.82 Å². The monoisotopic (exact) mass is 411 g/mol. The van der Waals surface area contributed by atoms with E-state index < -0.39 is 0 Å². The molecule has 0 spiro atoms. The summed E-state index contributed by atoms with van der Waals surface area (Å²) in [5, 5.41) is 16.1. The Hall–Kier alpha value is -1.38. The van der Waals surface area contributed by atoms with Crippen LogP contribution < -0.4 is 0 Å². The molecule has 0 radical (unpaired) electrons. The molecule has 4 rings (SSSR count). The van der Waals surface area contributed by atoms with Gasteiger partial charge in [-0.2, -0.15) is 4.52 Å². The Morgan fingerprint density at radius 2 is 1.88 bits per heavy atom. The van der Waals surface area contributed by atoms with Crippen LogP contribution in [-0.2, 0) is 0 Å². The summed E-state index contributed by atoms with van der Waals surface area (Å²) in [6, 6.07) is 5.54.